The first-order chi connectivity index (χ1) is 16.4. The van der Waals surface area contributed by atoms with Crippen molar-refractivity contribution in [2.24, 2.45) is 11.8 Å². The Kier molecular flexibility index (Phi) is 7.81. The number of anilines is 2. The molecule has 10 heteroatoms. The molecule has 3 unspecified atom stereocenters. The topological polar surface area (TPSA) is 108 Å². The van der Waals surface area contributed by atoms with Gasteiger partial charge in [-0.25, -0.2) is 4.98 Å². The van der Waals surface area contributed by atoms with E-state index >= 15 is 0 Å². The minimum atomic E-state index is -0.955. The first-order valence-corrected chi connectivity index (χ1v) is 13.3. The highest BCUT2D eigenvalue weighted by Crippen LogP contribution is 2.31. The van der Waals surface area contributed by atoms with Crippen molar-refractivity contribution in [3.63, 3.8) is 0 Å². The van der Waals surface area contributed by atoms with Gasteiger partial charge in [-0.05, 0) is 55.5 Å². The maximum Gasteiger partial charge on any atom is 0.307 e. The zero-order chi connectivity index (χ0) is 24.1. The van der Waals surface area contributed by atoms with Crippen LogP contribution in [0.2, 0.25) is 0 Å². The largest absolute Gasteiger partial charge is 0.481 e. The number of aromatic nitrogens is 1. The first kappa shape index (κ1) is 24.2. The molecule has 2 aromatic heterocycles. The van der Waals surface area contributed by atoms with Gasteiger partial charge in [-0.1, -0.05) is 18.2 Å². The third kappa shape index (κ3) is 5.94. The summed E-state index contributed by atoms with van der Waals surface area (Å²) in [5, 5.41) is 19.2. The maximum atomic E-state index is 12.6. The fourth-order valence-corrected chi connectivity index (χ4v) is 5.90. The van der Waals surface area contributed by atoms with Crippen molar-refractivity contribution < 1.29 is 19.5 Å². The number of allylic oxidation sites excluding steroid dienone is 2. The third-order valence-corrected chi connectivity index (χ3v) is 8.16. The summed E-state index contributed by atoms with van der Waals surface area (Å²) in [6.07, 6.45) is 4.43. The predicted molar refractivity (Wildman–Crippen MR) is 137 cm³/mol. The van der Waals surface area contributed by atoms with Crippen LogP contribution in [-0.4, -0.2) is 33.1 Å². The molecule has 1 aliphatic rings. The molecular weight excluding hydrogens is 490 g/mol. The second-order valence-corrected chi connectivity index (χ2v) is 11.0. The van der Waals surface area contributed by atoms with Gasteiger partial charge in [0.2, 0.25) is 11.8 Å². The highest BCUT2D eigenvalue weighted by Gasteiger charge is 2.33. The summed E-state index contributed by atoms with van der Waals surface area (Å²) in [5.41, 5.74) is 1.45. The number of rotatable bonds is 8. The summed E-state index contributed by atoms with van der Waals surface area (Å²) in [5.74, 6) is -2.69. The smallest absolute Gasteiger partial charge is 0.307 e. The number of thiophene rings is 1. The number of carboxylic acids is 1. The number of nitrogens with zero attached hydrogens (tertiary/aromatic N) is 1. The number of carboxylic acid groups (broad SMARTS) is 1. The van der Waals surface area contributed by atoms with Crippen molar-refractivity contribution in [3.8, 4) is 10.6 Å². The Hall–Kier alpha value is -2.95. The predicted octanol–water partition coefficient (Wildman–Crippen LogP) is 5.60. The van der Waals surface area contributed by atoms with Gasteiger partial charge in [0.25, 0.3) is 0 Å². The monoisotopic (exact) mass is 513 g/mol. The minimum Gasteiger partial charge on any atom is -0.481 e. The van der Waals surface area contributed by atoms with Gasteiger partial charge < -0.3 is 15.7 Å². The van der Waals surface area contributed by atoms with Crippen LogP contribution in [0.1, 0.15) is 19.8 Å². The molecule has 1 aromatic carbocycles. The van der Waals surface area contributed by atoms with Crippen LogP contribution >= 0.6 is 34.4 Å². The number of benzene rings is 1. The van der Waals surface area contributed by atoms with E-state index in [4.69, 9.17) is 0 Å². The molecule has 0 aliphatic heterocycles. The summed E-state index contributed by atoms with van der Waals surface area (Å²) >= 11 is 4.40. The number of hydrogen-bond donors (Lipinski definition) is 3. The van der Waals surface area contributed by atoms with Gasteiger partial charge in [0.1, 0.15) is 0 Å². The Morgan fingerprint density at radius 1 is 1.06 bits per heavy atom. The molecule has 3 atom stereocenters. The highest BCUT2D eigenvalue weighted by molar-refractivity contribution is 8.00. The van der Waals surface area contributed by atoms with Gasteiger partial charge in [-0.3, -0.25) is 14.4 Å². The summed E-state index contributed by atoms with van der Waals surface area (Å²) in [6.45, 7) is 1.83. The van der Waals surface area contributed by atoms with E-state index in [9.17, 15) is 19.5 Å². The average molecular weight is 514 g/mol. The quantitative estimate of drug-likeness (QED) is 0.267. The molecule has 4 rings (SSSR count). The Morgan fingerprint density at radius 2 is 1.79 bits per heavy atom. The molecule has 0 fully saturated rings. The van der Waals surface area contributed by atoms with E-state index in [-0.39, 0.29) is 17.1 Å². The molecule has 7 nitrogen and oxygen atoms in total. The zero-order valence-corrected chi connectivity index (χ0v) is 20.7. The van der Waals surface area contributed by atoms with Crippen molar-refractivity contribution in [3.05, 3.63) is 59.3 Å². The lowest BCUT2D eigenvalue weighted by Crippen LogP contribution is -2.34. The Bertz CT molecular complexity index is 1190. The van der Waals surface area contributed by atoms with Gasteiger partial charge in [0, 0.05) is 16.0 Å². The number of hydrogen-bond acceptors (Lipinski definition) is 7. The standard InChI is InChI=1S/C24H23N3O4S3/c1-14(21(28)27-24-26-19(13-33-24)20-7-4-12-32-20)34-16-10-8-15(9-11-16)25-22(29)17-5-2-3-6-18(17)23(30)31/h2-4,7-14,17-18H,5-6H2,1H3,(H,25,29)(H,30,31)(H,26,27,28). The van der Waals surface area contributed by atoms with Crippen LogP contribution in [0, 0.1) is 11.8 Å². The summed E-state index contributed by atoms with van der Waals surface area (Å²) < 4.78 is 0. The van der Waals surface area contributed by atoms with Gasteiger partial charge in [0.05, 0.1) is 27.7 Å². The van der Waals surface area contributed by atoms with Crippen LogP contribution in [0.25, 0.3) is 10.6 Å². The summed E-state index contributed by atoms with van der Waals surface area (Å²) in [7, 11) is 0. The summed E-state index contributed by atoms with van der Waals surface area (Å²) in [4.78, 5) is 43.1. The van der Waals surface area contributed by atoms with Crippen molar-refractivity contribution in [2.75, 3.05) is 10.6 Å². The second kappa shape index (κ2) is 11.0. The van der Waals surface area contributed by atoms with E-state index in [2.05, 4.69) is 15.6 Å². The average Bonchev–Trinajstić information content (AvgIpc) is 3.52. The lowest BCUT2D eigenvalue weighted by atomic mass is 9.82. The van der Waals surface area contributed by atoms with Gasteiger partial charge >= 0.3 is 5.97 Å². The summed E-state index contributed by atoms with van der Waals surface area (Å²) in [6, 6.07) is 11.1. The number of thiazole rings is 1. The molecular formula is C24H23N3O4S3. The van der Waals surface area contributed by atoms with Crippen molar-refractivity contribution >= 4 is 63.0 Å². The number of carbonyl (C=O) groups excluding carboxylic acids is 2. The number of nitrogens with one attached hydrogen (secondary N) is 2. The van der Waals surface area contributed by atoms with E-state index in [0.29, 0.717) is 23.7 Å². The molecule has 34 heavy (non-hydrogen) atoms. The van der Waals surface area contributed by atoms with Crippen LogP contribution in [0.3, 0.4) is 0 Å². The third-order valence-electron chi connectivity index (χ3n) is 5.40. The molecule has 0 bridgehead atoms. The zero-order valence-electron chi connectivity index (χ0n) is 18.3. The molecule has 0 saturated heterocycles. The van der Waals surface area contributed by atoms with Crippen LogP contribution in [-0.2, 0) is 14.4 Å². The van der Waals surface area contributed by atoms with Gasteiger partial charge in [-0.15, -0.1) is 34.4 Å². The molecule has 2 heterocycles. The van der Waals surface area contributed by atoms with Crippen LogP contribution in [0.4, 0.5) is 10.8 Å². The lowest BCUT2D eigenvalue weighted by Gasteiger charge is -2.24. The van der Waals surface area contributed by atoms with Crippen molar-refractivity contribution in [2.45, 2.75) is 29.9 Å². The molecule has 3 aromatic rings. The fraction of sp³-hybridized carbons (Fsp3) is 0.250. The second-order valence-electron chi connectivity index (χ2n) is 7.77. The normalized spacial score (nSPS) is 18.3. The first-order valence-electron chi connectivity index (χ1n) is 10.7. The Labute approximate surface area is 209 Å². The molecule has 3 N–H and O–H groups in total. The van der Waals surface area contributed by atoms with E-state index in [1.54, 1.807) is 23.5 Å². The minimum absolute atomic E-state index is 0.139. The molecule has 2 amide bonds. The van der Waals surface area contributed by atoms with E-state index in [1.807, 2.05) is 54.1 Å². The van der Waals surface area contributed by atoms with Crippen LogP contribution in [0.5, 0.6) is 0 Å². The Morgan fingerprint density at radius 3 is 2.47 bits per heavy atom. The van der Waals surface area contributed by atoms with Crippen LogP contribution in [0.15, 0.2) is 64.2 Å². The molecule has 0 radical (unpaired) electrons. The number of thioether (sulfide) groups is 1. The van der Waals surface area contributed by atoms with E-state index in [1.165, 1.54) is 23.1 Å². The number of aliphatic carboxylic acids is 1. The highest BCUT2D eigenvalue weighted by atomic mass is 32.2. The molecule has 176 valence electrons. The van der Waals surface area contributed by atoms with Gasteiger partial charge in [-0.2, -0.15) is 0 Å². The van der Waals surface area contributed by atoms with Crippen LogP contribution < -0.4 is 10.6 Å². The Balaban J connectivity index is 1.30. The molecule has 0 spiro atoms. The van der Waals surface area contributed by atoms with Gasteiger partial charge in [0.15, 0.2) is 5.13 Å². The van der Waals surface area contributed by atoms with Crippen molar-refractivity contribution in [1.82, 2.24) is 4.98 Å². The van der Waals surface area contributed by atoms with Crippen molar-refractivity contribution in [1.29, 1.82) is 0 Å². The molecule has 1 aliphatic carbocycles. The molecule has 0 saturated carbocycles. The number of carbonyl (C=O) groups is 3. The lowest BCUT2D eigenvalue weighted by molar-refractivity contribution is -0.146. The SMILES string of the molecule is CC(Sc1ccc(NC(=O)C2CC=CCC2C(=O)O)cc1)C(=O)Nc1nc(-c2cccs2)cs1. The number of amides is 2. The fourth-order valence-electron chi connectivity index (χ4n) is 3.56. The van der Waals surface area contributed by atoms with E-state index in [0.717, 1.165) is 15.5 Å². The maximum absolute atomic E-state index is 12.6. The van der Waals surface area contributed by atoms with E-state index < -0.39 is 17.8 Å².